The number of aromatic nitrogens is 1. The Bertz CT molecular complexity index is 2580. The predicted octanol–water partition coefficient (Wildman–Crippen LogP) is 13.0. The minimum absolute atomic E-state index is 0.0256. The third kappa shape index (κ3) is 4.95. The van der Waals surface area contributed by atoms with Crippen molar-refractivity contribution in [1.82, 2.24) is 4.57 Å². The molecule has 0 unspecified atom stereocenters. The lowest BCUT2D eigenvalue weighted by molar-refractivity contribution is 0.536. The molecular weight excluding hydrogens is 593 g/mol. The Morgan fingerprint density at radius 2 is 1.31 bits per heavy atom. The van der Waals surface area contributed by atoms with E-state index in [4.69, 9.17) is 0 Å². The molecule has 0 aliphatic carbocycles. The molecule has 2 heteroatoms. The summed E-state index contributed by atoms with van der Waals surface area (Å²) in [6.07, 6.45) is 9.98. The molecule has 1 aromatic heterocycles. The van der Waals surface area contributed by atoms with Gasteiger partial charge in [-0.25, -0.2) is 0 Å². The topological polar surface area (TPSA) is 8.17 Å². The number of anilines is 3. The summed E-state index contributed by atoms with van der Waals surface area (Å²) in [7, 11) is 0. The van der Waals surface area contributed by atoms with Crippen LogP contribution in [0.2, 0.25) is 0 Å². The smallest absolute Gasteiger partial charge is 0.0540 e. The molecule has 0 spiro atoms. The van der Waals surface area contributed by atoms with E-state index in [9.17, 15) is 0 Å². The van der Waals surface area contributed by atoms with Crippen molar-refractivity contribution in [2.45, 2.75) is 32.2 Å². The molecule has 7 aromatic carbocycles. The first kappa shape index (κ1) is 29.3. The highest BCUT2D eigenvalue weighted by molar-refractivity contribution is 6.12. The van der Waals surface area contributed by atoms with Crippen molar-refractivity contribution in [3.05, 3.63) is 175 Å². The molecule has 0 amide bonds. The van der Waals surface area contributed by atoms with Crippen LogP contribution in [0.5, 0.6) is 0 Å². The summed E-state index contributed by atoms with van der Waals surface area (Å²) in [5.41, 5.74) is 9.99. The fourth-order valence-electron chi connectivity index (χ4n) is 7.92. The van der Waals surface area contributed by atoms with Gasteiger partial charge in [0.1, 0.15) is 0 Å². The van der Waals surface area contributed by atoms with Crippen molar-refractivity contribution in [3.8, 4) is 11.1 Å². The molecule has 2 nitrogen and oxygen atoms in total. The Hall–Kier alpha value is -5.86. The lowest BCUT2D eigenvalue weighted by Crippen LogP contribution is -2.18. The van der Waals surface area contributed by atoms with Crippen LogP contribution in [0.1, 0.15) is 25.8 Å². The fourth-order valence-corrected chi connectivity index (χ4v) is 7.92. The second kappa shape index (κ2) is 11.7. The first-order valence-corrected chi connectivity index (χ1v) is 17.3. The van der Waals surface area contributed by atoms with Crippen LogP contribution < -0.4 is 4.90 Å². The Labute approximate surface area is 287 Å². The Morgan fingerprint density at radius 1 is 0.551 bits per heavy atom. The van der Waals surface area contributed by atoms with Crippen molar-refractivity contribution in [2.24, 2.45) is 0 Å². The normalized spacial score (nSPS) is 15.5. The third-order valence-electron chi connectivity index (χ3n) is 10.4. The number of hydrogen-bond acceptors (Lipinski definition) is 1. The standard InChI is InChI=1S/C47H38N2/c1-47(2)29-10-3-4-11-30-48-44-28-26-35(32-42(44)41-22-13-23-43(47)46(41)48)38-19-12-21-40-39(38)20-14-24-45(40)49(36-17-6-5-7-18-36)37-27-25-33-15-8-9-16-34(33)31-37/h3-28,31-32H,29-30H2,1-2H3/b10-3-,11-4-. The summed E-state index contributed by atoms with van der Waals surface area (Å²) in [4.78, 5) is 2.40. The molecule has 8 aromatic rings. The van der Waals surface area contributed by atoms with Crippen LogP contribution in [-0.4, -0.2) is 4.57 Å². The van der Waals surface area contributed by atoms with Crippen LogP contribution in [0.25, 0.3) is 54.5 Å². The molecule has 0 N–H and O–H groups in total. The van der Waals surface area contributed by atoms with Gasteiger partial charge in [0.25, 0.3) is 0 Å². The van der Waals surface area contributed by atoms with Crippen LogP contribution >= 0.6 is 0 Å². The van der Waals surface area contributed by atoms with Crippen molar-refractivity contribution in [1.29, 1.82) is 0 Å². The molecule has 0 fully saturated rings. The molecule has 0 radical (unpaired) electrons. The highest BCUT2D eigenvalue weighted by atomic mass is 15.1. The maximum absolute atomic E-state index is 2.52. The highest BCUT2D eigenvalue weighted by Crippen LogP contribution is 2.44. The predicted molar refractivity (Wildman–Crippen MR) is 210 cm³/mol. The minimum atomic E-state index is 0.0256. The van der Waals surface area contributed by atoms with E-state index in [1.807, 2.05) is 0 Å². The first-order chi connectivity index (χ1) is 24.1. The largest absolute Gasteiger partial charge is 0.336 e. The van der Waals surface area contributed by atoms with Crippen LogP contribution in [0, 0.1) is 0 Å². The number of fused-ring (bicyclic) bond motifs is 5. The van der Waals surface area contributed by atoms with E-state index in [-0.39, 0.29) is 5.41 Å². The zero-order chi connectivity index (χ0) is 33.0. The monoisotopic (exact) mass is 630 g/mol. The van der Waals surface area contributed by atoms with Crippen LogP contribution in [0.3, 0.4) is 0 Å². The molecule has 0 saturated carbocycles. The Morgan fingerprint density at radius 3 is 2.20 bits per heavy atom. The van der Waals surface area contributed by atoms with Gasteiger partial charge in [0.05, 0.1) is 11.2 Å². The highest BCUT2D eigenvalue weighted by Gasteiger charge is 2.25. The number of rotatable bonds is 4. The molecule has 0 atom stereocenters. The lowest BCUT2D eigenvalue weighted by Gasteiger charge is -2.27. The summed E-state index contributed by atoms with van der Waals surface area (Å²) >= 11 is 0. The van der Waals surface area contributed by atoms with Gasteiger partial charge in [-0.2, -0.15) is 0 Å². The summed E-state index contributed by atoms with van der Waals surface area (Å²) < 4.78 is 2.52. The van der Waals surface area contributed by atoms with Gasteiger partial charge in [-0.15, -0.1) is 0 Å². The Kier molecular flexibility index (Phi) is 6.98. The molecule has 1 aliphatic rings. The molecule has 2 heterocycles. The van der Waals surface area contributed by atoms with Gasteiger partial charge in [0.15, 0.2) is 0 Å². The molecule has 0 saturated heterocycles. The summed E-state index contributed by atoms with van der Waals surface area (Å²) in [6, 6.07) is 53.5. The van der Waals surface area contributed by atoms with Crippen molar-refractivity contribution in [3.63, 3.8) is 0 Å². The SMILES string of the molecule is CC1(C)C/C=C\C=C/Cn2c3ccc(-c4cccc5c(N(c6ccccc6)c6ccc7ccccc7c6)cccc45)cc3c3cccc1c32. The number of hydrogen-bond donors (Lipinski definition) is 0. The second-order valence-electron chi connectivity index (χ2n) is 13.9. The van der Waals surface area contributed by atoms with Gasteiger partial charge in [-0.05, 0) is 87.1 Å². The fraction of sp³-hybridized carbons (Fsp3) is 0.106. The van der Waals surface area contributed by atoms with Crippen molar-refractivity contribution in [2.75, 3.05) is 4.90 Å². The van der Waals surface area contributed by atoms with E-state index < -0.39 is 0 Å². The molecule has 0 bridgehead atoms. The van der Waals surface area contributed by atoms with Gasteiger partial charge < -0.3 is 9.47 Å². The molecule has 236 valence electrons. The number of para-hydroxylation sites is 2. The third-order valence-corrected chi connectivity index (χ3v) is 10.4. The minimum Gasteiger partial charge on any atom is -0.336 e. The zero-order valence-corrected chi connectivity index (χ0v) is 28.0. The molecular formula is C47H38N2. The van der Waals surface area contributed by atoms with E-state index in [2.05, 4.69) is 193 Å². The number of nitrogens with zero attached hydrogens (tertiary/aromatic N) is 2. The van der Waals surface area contributed by atoms with E-state index in [1.165, 1.54) is 60.0 Å². The van der Waals surface area contributed by atoms with E-state index in [1.54, 1.807) is 0 Å². The lowest BCUT2D eigenvalue weighted by atomic mass is 9.80. The zero-order valence-electron chi connectivity index (χ0n) is 28.0. The summed E-state index contributed by atoms with van der Waals surface area (Å²) in [6.45, 7) is 5.59. The van der Waals surface area contributed by atoms with Crippen LogP contribution in [0.4, 0.5) is 17.1 Å². The maximum atomic E-state index is 2.52. The second-order valence-corrected chi connectivity index (χ2v) is 13.9. The van der Waals surface area contributed by atoms with Crippen molar-refractivity contribution >= 4 is 60.4 Å². The van der Waals surface area contributed by atoms with Crippen LogP contribution in [0.15, 0.2) is 170 Å². The number of allylic oxidation sites excluding steroid dienone is 4. The molecule has 49 heavy (non-hydrogen) atoms. The Balaban J connectivity index is 1.24. The van der Waals surface area contributed by atoms with Crippen LogP contribution in [-0.2, 0) is 12.0 Å². The first-order valence-electron chi connectivity index (χ1n) is 17.3. The van der Waals surface area contributed by atoms with Gasteiger partial charge in [0, 0.05) is 39.6 Å². The maximum Gasteiger partial charge on any atom is 0.0540 e. The quantitative estimate of drug-likeness (QED) is 0.188. The van der Waals surface area contributed by atoms with Gasteiger partial charge in [-0.3, -0.25) is 0 Å². The average molecular weight is 631 g/mol. The summed E-state index contributed by atoms with van der Waals surface area (Å²) in [5, 5.41) is 7.57. The van der Waals surface area contributed by atoms with Crippen molar-refractivity contribution < 1.29 is 0 Å². The summed E-state index contributed by atoms with van der Waals surface area (Å²) in [5.74, 6) is 0. The molecule has 9 rings (SSSR count). The van der Waals surface area contributed by atoms with E-state index >= 15 is 0 Å². The van der Waals surface area contributed by atoms with Gasteiger partial charge >= 0.3 is 0 Å². The molecule has 1 aliphatic heterocycles. The van der Waals surface area contributed by atoms with Gasteiger partial charge in [-0.1, -0.05) is 141 Å². The van der Waals surface area contributed by atoms with E-state index in [0.29, 0.717) is 0 Å². The van der Waals surface area contributed by atoms with Gasteiger partial charge in [0.2, 0.25) is 0 Å². The number of benzene rings is 7. The van der Waals surface area contributed by atoms with E-state index in [0.717, 1.165) is 30.0 Å². The average Bonchev–Trinajstić information content (AvgIpc) is 3.46.